The van der Waals surface area contributed by atoms with Crippen LogP contribution in [0.2, 0.25) is 5.02 Å². The van der Waals surface area contributed by atoms with Crippen LogP contribution in [0.15, 0.2) is 24.3 Å². The average Bonchev–Trinajstić information content (AvgIpc) is 3.09. The number of aliphatic carboxylic acids is 1. The summed E-state index contributed by atoms with van der Waals surface area (Å²) in [5.74, 6) is -0.426. The van der Waals surface area contributed by atoms with Gasteiger partial charge in [0.15, 0.2) is 0 Å². The molecular weight excluding hydrogens is 344 g/mol. The molecule has 0 spiro atoms. The second kappa shape index (κ2) is 10.1. The molecule has 1 aromatic carbocycles. The highest BCUT2D eigenvalue weighted by Crippen LogP contribution is 2.17. The molecule has 0 radical (unpaired) electrons. The Hall–Kier alpha value is -1.95. The Morgan fingerprint density at radius 2 is 1.92 bits per heavy atom. The number of hydrogen-bond acceptors (Lipinski definition) is 3. The van der Waals surface area contributed by atoms with E-state index in [2.05, 4.69) is 5.32 Å². The van der Waals surface area contributed by atoms with Crippen LogP contribution in [-0.4, -0.2) is 48.2 Å². The number of carbonyl (C=O) groups excluding carboxylic acids is 1. The minimum atomic E-state index is -0.823. The molecule has 0 aromatic heterocycles. The molecule has 0 aliphatic carbocycles. The fourth-order valence-electron chi connectivity index (χ4n) is 2.75. The maximum Gasteiger partial charge on any atom is 0.317 e. The van der Waals surface area contributed by atoms with E-state index in [1.54, 1.807) is 17.0 Å². The number of carboxylic acids is 1. The van der Waals surface area contributed by atoms with E-state index in [1.165, 1.54) is 0 Å². The zero-order chi connectivity index (χ0) is 18.1. The standard InChI is InChI=1S/C18H25ClN2O4/c19-15-5-7-16(8-6-15)25-12-4-2-1-3-10-20-18(24)21-11-9-14(13-21)17(22)23/h5-8,14H,1-4,9-13H2,(H,20,24)(H,22,23). The van der Waals surface area contributed by atoms with Gasteiger partial charge in [-0.3, -0.25) is 4.79 Å². The third-order valence-corrected chi connectivity index (χ3v) is 4.51. The van der Waals surface area contributed by atoms with Gasteiger partial charge >= 0.3 is 12.0 Å². The smallest absolute Gasteiger partial charge is 0.317 e. The van der Waals surface area contributed by atoms with Crippen molar-refractivity contribution >= 4 is 23.6 Å². The number of benzene rings is 1. The lowest BCUT2D eigenvalue weighted by Crippen LogP contribution is -2.39. The van der Waals surface area contributed by atoms with Crippen LogP contribution in [0.5, 0.6) is 5.75 Å². The number of halogens is 1. The first kappa shape index (κ1) is 19.4. The van der Waals surface area contributed by atoms with Crippen LogP contribution in [0.3, 0.4) is 0 Å². The van der Waals surface area contributed by atoms with Crippen LogP contribution in [0.4, 0.5) is 4.79 Å². The van der Waals surface area contributed by atoms with Crippen LogP contribution in [0.1, 0.15) is 32.1 Å². The third kappa shape index (κ3) is 6.82. The van der Waals surface area contributed by atoms with Gasteiger partial charge in [-0.05, 0) is 43.5 Å². The Kier molecular flexibility index (Phi) is 7.85. The van der Waals surface area contributed by atoms with Crippen molar-refractivity contribution in [3.05, 3.63) is 29.3 Å². The number of urea groups is 1. The number of likely N-dealkylation sites (tertiary alicyclic amines) is 1. The Labute approximate surface area is 153 Å². The van der Waals surface area contributed by atoms with E-state index in [-0.39, 0.29) is 6.03 Å². The molecule has 1 aromatic rings. The van der Waals surface area contributed by atoms with E-state index in [0.29, 0.717) is 37.7 Å². The summed E-state index contributed by atoms with van der Waals surface area (Å²) in [4.78, 5) is 24.4. The highest BCUT2D eigenvalue weighted by Gasteiger charge is 2.30. The average molecular weight is 369 g/mol. The number of ether oxygens (including phenoxy) is 1. The molecule has 6 nitrogen and oxygen atoms in total. The van der Waals surface area contributed by atoms with Crippen molar-refractivity contribution in [1.29, 1.82) is 0 Å². The second-order valence-electron chi connectivity index (χ2n) is 6.22. The second-order valence-corrected chi connectivity index (χ2v) is 6.65. The SMILES string of the molecule is O=C(O)C1CCN(C(=O)NCCCCCCOc2ccc(Cl)cc2)C1. The minimum Gasteiger partial charge on any atom is -0.494 e. The van der Waals surface area contributed by atoms with Crippen molar-refractivity contribution < 1.29 is 19.4 Å². The van der Waals surface area contributed by atoms with Crippen LogP contribution < -0.4 is 10.1 Å². The van der Waals surface area contributed by atoms with E-state index in [0.717, 1.165) is 31.4 Å². The van der Waals surface area contributed by atoms with E-state index in [4.69, 9.17) is 21.4 Å². The molecule has 2 amide bonds. The zero-order valence-electron chi connectivity index (χ0n) is 14.2. The number of rotatable bonds is 9. The van der Waals surface area contributed by atoms with Crippen LogP contribution in [0.25, 0.3) is 0 Å². The normalized spacial score (nSPS) is 16.7. The molecular formula is C18H25ClN2O4. The van der Waals surface area contributed by atoms with E-state index >= 15 is 0 Å². The molecule has 0 saturated carbocycles. The van der Waals surface area contributed by atoms with Crippen molar-refractivity contribution in [3.8, 4) is 5.75 Å². The molecule has 1 aliphatic heterocycles. The Balaban J connectivity index is 1.46. The van der Waals surface area contributed by atoms with Crippen LogP contribution >= 0.6 is 11.6 Å². The third-order valence-electron chi connectivity index (χ3n) is 4.25. The van der Waals surface area contributed by atoms with Crippen LogP contribution in [-0.2, 0) is 4.79 Å². The maximum atomic E-state index is 11.9. The molecule has 1 saturated heterocycles. The topological polar surface area (TPSA) is 78.9 Å². The number of unbranched alkanes of at least 4 members (excludes halogenated alkanes) is 3. The molecule has 1 unspecified atom stereocenters. The molecule has 138 valence electrons. The Morgan fingerprint density at radius 3 is 2.60 bits per heavy atom. The summed E-state index contributed by atoms with van der Waals surface area (Å²) in [5.41, 5.74) is 0. The number of carbonyl (C=O) groups is 2. The summed E-state index contributed by atoms with van der Waals surface area (Å²) < 4.78 is 5.62. The summed E-state index contributed by atoms with van der Waals surface area (Å²) >= 11 is 5.81. The zero-order valence-corrected chi connectivity index (χ0v) is 15.0. The van der Waals surface area contributed by atoms with Crippen molar-refractivity contribution in [1.82, 2.24) is 10.2 Å². The monoisotopic (exact) mass is 368 g/mol. The summed E-state index contributed by atoms with van der Waals surface area (Å²) in [6.45, 7) is 2.11. The van der Waals surface area contributed by atoms with Gasteiger partial charge in [-0.1, -0.05) is 24.4 Å². The van der Waals surface area contributed by atoms with Crippen molar-refractivity contribution in [2.75, 3.05) is 26.2 Å². The highest BCUT2D eigenvalue weighted by molar-refractivity contribution is 6.30. The lowest BCUT2D eigenvalue weighted by molar-refractivity contribution is -0.141. The summed E-state index contributed by atoms with van der Waals surface area (Å²) in [6, 6.07) is 7.16. The predicted molar refractivity (Wildman–Crippen MR) is 96.1 cm³/mol. The van der Waals surface area contributed by atoms with E-state index in [1.807, 2.05) is 12.1 Å². The fourth-order valence-corrected chi connectivity index (χ4v) is 2.88. The van der Waals surface area contributed by atoms with Gasteiger partial charge in [0, 0.05) is 24.7 Å². The lowest BCUT2D eigenvalue weighted by atomic mass is 10.1. The lowest BCUT2D eigenvalue weighted by Gasteiger charge is -2.16. The first-order chi connectivity index (χ1) is 12.1. The van der Waals surface area contributed by atoms with Gasteiger partial charge in [0.1, 0.15) is 5.75 Å². The number of hydrogen-bond donors (Lipinski definition) is 2. The van der Waals surface area contributed by atoms with Gasteiger partial charge in [0.05, 0.1) is 12.5 Å². The van der Waals surface area contributed by atoms with Crippen LogP contribution in [0, 0.1) is 5.92 Å². The molecule has 1 atom stereocenters. The van der Waals surface area contributed by atoms with E-state index < -0.39 is 11.9 Å². The van der Waals surface area contributed by atoms with Gasteiger partial charge in [0.2, 0.25) is 0 Å². The maximum absolute atomic E-state index is 11.9. The first-order valence-electron chi connectivity index (χ1n) is 8.70. The molecule has 0 bridgehead atoms. The highest BCUT2D eigenvalue weighted by atomic mass is 35.5. The van der Waals surface area contributed by atoms with Crippen molar-refractivity contribution in [2.24, 2.45) is 5.92 Å². The molecule has 1 aliphatic rings. The number of nitrogens with one attached hydrogen (secondary N) is 1. The van der Waals surface area contributed by atoms with Crippen molar-refractivity contribution in [2.45, 2.75) is 32.1 Å². The number of amides is 2. The van der Waals surface area contributed by atoms with Gasteiger partial charge in [-0.2, -0.15) is 0 Å². The quantitative estimate of drug-likeness (QED) is 0.655. The molecule has 25 heavy (non-hydrogen) atoms. The Bertz CT molecular complexity index is 565. The number of nitrogens with zero attached hydrogens (tertiary/aromatic N) is 1. The minimum absolute atomic E-state index is 0.158. The van der Waals surface area contributed by atoms with Crippen molar-refractivity contribution in [3.63, 3.8) is 0 Å². The molecule has 1 fully saturated rings. The first-order valence-corrected chi connectivity index (χ1v) is 9.08. The summed E-state index contributed by atoms with van der Waals surface area (Å²) in [7, 11) is 0. The molecule has 1 heterocycles. The van der Waals surface area contributed by atoms with Gasteiger partial charge in [0.25, 0.3) is 0 Å². The number of carboxylic acid groups (broad SMARTS) is 1. The van der Waals surface area contributed by atoms with Gasteiger partial charge in [-0.15, -0.1) is 0 Å². The van der Waals surface area contributed by atoms with Gasteiger partial charge in [-0.25, -0.2) is 4.79 Å². The molecule has 7 heteroatoms. The van der Waals surface area contributed by atoms with Gasteiger partial charge < -0.3 is 20.1 Å². The largest absolute Gasteiger partial charge is 0.494 e. The van der Waals surface area contributed by atoms with E-state index in [9.17, 15) is 9.59 Å². The Morgan fingerprint density at radius 1 is 1.20 bits per heavy atom. The predicted octanol–water partition coefficient (Wildman–Crippen LogP) is 3.40. The fraction of sp³-hybridized carbons (Fsp3) is 0.556. The molecule has 2 rings (SSSR count). The summed E-state index contributed by atoms with van der Waals surface area (Å²) in [5, 5.41) is 12.5. The summed E-state index contributed by atoms with van der Waals surface area (Å²) in [6.07, 6.45) is 4.46. The molecule has 2 N–H and O–H groups in total.